The molecule has 112 valence electrons. The van der Waals surface area contributed by atoms with Crippen LogP contribution in [-0.2, 0) is 25.5 Å². The maximum atomic E-state index is 12.0. The van der Waals surface area contributed by atoms with Gasteiger partial charge in [-0.25, -0.2) is 4.79 Å². The van der Waals surface area contributed by atoms with Gasteiger partial charge in [-0.3, -0.25) is 4.79 Å². The third kappa shape index (κ3) is 3.62. The van der Waals surface area contributed by atoms with Gasteiger partial charge in [0.2, 0.25) is 0 Å². The lowest BCUT2D eigenvalue weighted by atomic mass is 9.99. The number of para-hydroxylation sites is 1. The van der Waals surface area contributed by atoms with Gasteiger partial charge in [-0.05, 0) is 25.5 Å². The highest BCUT2D eigenvalue weighted by Crippen LogP contribution is 2.31. The van der Waals surface area contributed by atoms with E-state index in [0.717, 1.165) is 5.56 Å². The lowest BCUT2D eigenvalue weighted by Crippen LogP contribution is -2.21. The van der Waals surface area contributed by atoms with E-state index in [1.807, 2.05) is 24.3 Å². The molecule has 1 aliphatic heterocycles. The van der Waals surface area contributed by atoms with E-state index in [-0.39, 0.29) is 19.6 Å². The van der Waals surface area contributed by atoms with Crippen molar-refractivity contribution in [3.05, 3.63) is 41.2 Å². The number of benzene rings is 1. The number of rotatable bonds is 5. The maximum absolute atomic E-state index is 12.0. The van der Waals surface area contributed by atoms with Gasteiger partial charge in [0, 0.05) is 6.42 Å². The summed E-state index contributed by atoms with van der Waals surface area (Å²) in [5, 5.41) is 0. The molecule has 1 aromatic carbocycles. The molecule has 0 amide bonds. The highest BCUT2D eigenvalue weighted by atomic mass is 16.5. The van der Waals surface area contributed by atoms with Crippen LogP contribution in [0.25, 0.3) is 0 Å². The van der Waals surface area contributed by atoms with Crippen molar-refractivity contribution in [2.45, 2.75) is 26.7 Å². The second kappa shape index (κ2) is 6.92. The minimum atomic E-state index is -0.452. The van der Waals surface area contributed by atoms with E-state index in [9.17, 15) is 9.59 Å². The van der Waals surface area contributed by atoms with Crippen LogP contribution in [0.2, 0.25) is 0 Å². The molecule has 0 saturated carbocycles. The zero-order chi connectivity index (χ0) is 15.2. The van der Waals surface area contributed by atoms with Crippen LogP contribution in [0.15, 0.2) is 35.6 Å². The first-order chi connectivity index (χ1) is 10.2. The fourth-order valence-electron chi connectivity index (χ4n) is 2.12. The number of esters is 2. The first-order valence-electron chi connectivity index (χ1n) is 6.96. The van der Waals surface area contributed by atoms with Crippen LogP contribution < -0.4 is 4.74 Å². The van der Waals surface area contributed by atoms with Crippen molar-refractivity contribution in [2.75, 3.05) is 13.2 Å². The average molecular weight is 290 g/mol. The summed E-state index contributed by atoms with van der Waals surface area (Å²) in [5.41, 5.74) is 1.27. The summed E-state index contributed by atoms with van der Waals surface area (Å²) in [5.74, 6) is 0.0930. The van der Waals surface area contributed by atoms with Gasteiger partial charge in [0.15, 0.2) is 0 Å². The highest BCUT2D eigenvalue weighted by molar-refractivity contribution is 5.91. The quantitative estimate of drug-likeness (QED) is 0.779. The van der Waals surface area contributed by atoms with Crippen LogP contribution in [0.1, 0.15) is 25.8 Å². The van der Waals surface area contributed by atoms with E-state index in [1.165, 1.54) is 0 Å². The number of carbonyl (C=O) groups is 2. The van der Waals surface area contributed by atoms with Crippen LogP contribution in [0.4, 0.5) is 0 Å². The molecule has 0 radical (unpaired) electrons. The second-order valence-electron chi connectivity index (χ2n) is 4.49. The van der Waals surface area contributed by atoms with Gasteiger partial charge in [0.05, 0.1) is 18.8 Å². The van der Waals surface area contributed by atoms with Gasteiger partial charge in [0.25, 0.3) is 0 Å². The topological polar surface area (TPSA) is 61.8 Å². The van der Waals surface area contributed by atoms with Crippen LogP contribution in [-0.4, -0.2) is 25.2 Å². The van der Waals surface area contributed by atoms with Crippen LogP contribution >= 0.6 is 0 Å². The lowest BCUT2D eigenvalue weighted by molar-refractivity contribution is -0.142. The van der Waals surface area contributed by atoms with E-state index in [1.54, 1.807) is 13.8 Å². The zero-order valence-corrected chi connectivity index (χ0v) is 12.2. The van der Waals surface area contributed by atoms with Crippen molar-refractivity contribution < 1.29 is 23.8 Å². The van der Waals surface area contributed by atoms with Crippen LogP contribution in [0.5, 0.6) is 5.75 Å². The van der Waals surface area contributed by atoms with Crippen molar-refractivity contribution >= 4 is 11.9 Å². The predicted molar refractivity (Wildman–Crippen MR) is 75.7 cm³/mol. The van der Waals surface area contributed by atoms with Crippen LogP contribution in [0.3, 0.4) is 0 Å². The third-order valence-electron chi connectivity index (χ3n) is 3.04. The first-order valence-corrected chi connectivity index (χ1v) is 6.96. The Bertz CT molecular complexity index is 574. The molecular weight excluding hydrogens is 272 g/mol. The molecule has 1 aromatic rings. The average Bonchev–Trinajstić information content (AvgIpc) is 2.47. The number of carbonyl (C=O) groups excluding carboxylic acids is 2. The summed E-state index contributed by atoms with van der Waals surface area (Å²) in [6.45, 7) is 4.03. The van der Waals surface area contributed by atoms with E-state index >= 15 is 0 Å². The Hall–Kier alpha value is -2.30. The van der Waals surface area contributed by atoms with Crippen molar-refractivity contribution in [1.29, 1.82) is 0 Å². The Morgan fingerprint density at radius 2 is 1.86 bits per heavy atom. The molecule has 2 rings (SSSR count). The molecule has 0 aromatic heterocycles. The van der Waals surface area contributed by atoms with E-state index in [4.69, 9.17) is 14.2 Å². The highest BCUT2D eigenvalue weighted by Gasteiger charge is 2.27. The molecule has 5 nitrogen and oxygen atoms in total. The Balaban J connectivity index is 2.28. The molecule has 0 fully saturated rings. The molecule has 21 heavy (non-hydrogen) atoms. The molecule has 0 spiro atoms. The van der Waals surface area contributed by atoms with Gasteiger partial charge >= 0.3 is 11.9 Å². The minimum absolute atomic E-state index is 0.0731. The Morgan fingerprint density at radius 1 is 1.14 bits per heavy atom. The number of hydrogen-bond donors (Lipinski definition) is 0. The summed E-state index contributed by atoms with van der Waals surface area (Å²) in [6, 6.07) is 7.41. The Morgan fingerprint density at radius 3 is 2.57 bits per heavy atom. The fourth-order valence-corrected chi connectivity index (χ4v) is 2.12. The Labute approximate surface area is 123 Å². The summed E-state index contributed by atoms with van der Waals surface area (Å²) >= 11 is 0. The van der Waals surface area contributed by atoms with Crippen molar-refractivity contribution in [3.8, 4) is 5.75 Å². The van der Waals surface area contributed by atoms with Crippen molar-refractivity contribution in [1.82, 2.24) is 0 Å². The molecule has 0 saturated heterocycles. The van der Waals surface area contributed by atoms with E-state index in [2.05, 4.69) is 0 Å². The van der Waals surface area contributed by atoms with Crippen molar-refractivity contribution in [2.24, 2.45) is 0 Å². The minimum Gasteiger partial charge on any atom is -0.466 e. The van der Waals surface area contributed by atoms with Gasteiger partial charge in [0.1, 0.15) is 17.9 Å². The summed E-state index contributed by atoms with van der Waals surface area (Å²) in [4.78, 5) is 23.7. The largest absolute Gasteiger partial charge is 0.466 e. The number of fused-ring (bicyclic) bond motifs is 1. The molecule has 0 N–H and O–H groups in total. The molecule has 0 bridgehead atoms. The summed E-state index contributed by atoms with van der Waals surface area (Å²) in [6.07, 6.45) is 0.320. The summed E-state index contributed by atoms with van der Waals surface area (Å²) in [7, 11) is 0. The van der Waals surface area contributed by atoms with Crippen molar-refractivity contribution in [3.63, 3.8) is 0 Å². The van der Waals surface area contributed by atoms with E-state index in [0.29, 0.717) is 23.5 Å². The second-order valence-corrected chi connectivity index (χ2v) is 4.49. The first kappa shape index (κ1) is 15.1. The zero-order valence-electron chi connectivity index (χ0n) is 12.2. The van der Waals surface area contributed by atoms with Gasteiger partial charge in [-0.1, -0.05) is 18.2 Å². The molecule has 1 heterocycles. The third-order valence-corrected chi connectivity index (χ3v) is 3.04. The number of ether oxygens (including phenoxy) is 3. The van der Waals surface area contributed by atoms with Gasteiger partial charge in [-0.2, -0.15) is 0 Å². The predicted octanol–water partition coefficient (Wildman–Crippen LogP) is 2.39. The molecule has 0 aliphatic carbocycles. The molecule has 0 atom stereocenters. The monoisotopic (exact) mass is 290 g/mol. The normalized spacial score (nSPS) is 13.2. The SMILES string of the molecule is CCOC(=O)CC1=C(C(=O)OCC)Cc2ccccc2O1. The molecule has 1 aliphatic rings. The van der Waals surface area contributed by atoms with Gasteiger partial charge in [-0.15, -0.1) is 0 Å². The lowest BCUT2D eigenvalue weighted by Gasteiger charge is -2.22. The smallest absolute Gasteiger partial charge is 0.337 e. The molecular formula is C16H18O5. The van der Waals surface area contributed by atoms with E-state index < -0.39 is 11.9 Å². The fraction of sp³-hybridized carbons (Fsp3) is 0.375. The molecule has 0 unspecified atom stereocenters. The maximum Gasteiger partial charge on any atom is 0.337 e. The summed E-state index contributed by atoms with van der Waals surface area (Å²) < 4.78 is 15.7. The van der Waals surface area contributed by atoms with Crippen LogP contribution in [0, 0.1) is 0 Å². The molecule has 5 heteroatoms. The number of hydrogen-bond acceptors (Lipinski definition) is 5. The standard InChI is InChI=1S/C16H18O5/c1-3-19-15(17)10-14-12(16(18)20-4-2)9-11-7-5-6-8-13(11)21-14/h5-8H,3-4,9-10H2,1-2H3. The Kier molecular flexibility index (Phi) is 4.98. The van der Waals surface area contributed by atoms with Gasteiger partial charge < -0.3 is 14.2 Å².